The van der Waals surface area contributed by atoms with Crippen LogP contribution in [0.5, 0.6) is 0 Å². The SMILES string of the molecule is CCOC(=O)OC1CCN(C(=O)Cn2c(=O)sc3cccc(Cl)c32)CC1. The standard InChI is InChI=1S/C17H19ClN2O5S/c1-2-24-17(23)25-11-6-8-19(9-7-11)14(21)10-20-15-12(18)4-3-5-13(15)26-16(20)22/h3-5,11H,2,6-10H2,1H3. The van der Waals surface area contributed by atoms with Gasteiger partial charge in [-0.05, 0) is 19.1 Å². The maximum Gasteiger partial charge on any atom is 0.508 e. The number of hydrogen-bond donors (Lipinski definition) is 0. The van der Waals surface area contributed by atoms with Gasteiger partial charge in [0.05, 0.1) is 21.8 Å². The molecule has 0 spiro atoms. The summed E-state index contributed by atoms with van der Waals surface area (Å²) >= 11 is 7.27. The third-order valence-electron chi connectivity index (χ3n) is 4.25. The second kappa shape index (κ2) is 8.09. The van der Waals surface area contributed by atoms with Crippen molar-refractivity contribution < 1.29 is 19.1 Å². The van der Waals surface area contributed by atoms with Crippen molar-refractivity contribution in [2.45, 2.75) is 32.4 Å². The number of ether oxygens (including phenoxy) is 2. The number of amides is 1. The lowest BCUT2D eigenvalue weighted by atomic mass is 10.1. The first-order valence-electron chi connectivity index (χ1n) is 8.38. The second-order valence-corrected chi connectivity index (χ2v) is 7.32. The van der Waals surface area contributed by atoms with Crippen LogP contribution < -0.4 is 4.87 Å². The van der Waals surface area contributed by atoms with E-state index in [0.717, 1.165) is 16.0 Å². The summed E-state index contributed by atoms with van der Waals surface area (Å²) in [7, 11) is 0. The highest BCUT2D eigenvalue weighted by molar-refractivity contribution is 7.16. The number of carbonyl (C=O) groups is 2. The van der Waals surface area contributed by atoms with Gasteiger partial charge in [-0.1, -0.05) is 29.0 Å². The second-order valence-electron chi connectivity index (χ2n) is 5.92. The number of rotatable bonds is 4. The van der Waals surface area contributed by atoms with Crippen LogP contribution in [0.15, 0.2) is 23.0 Å². The number of thiazole rings is 1. The zero-order chi connectivity index (χ0) is 18.7. The van der Waals surface area contributed by atoms with Gasteiger partial charge in [-0.15, -0.1) is 0 Å². The van der Waals surface area contributed by atoms with Gasteiger partial charge in [0.25, 0.3) is 0 Å². The monoisotopic (exact) mass is 398 g/mol. The molecule has 0 N–H and O–H groups in total. The molecule has 1 aromatic carbocycles. The molecule has 0 atom stereocenters. The molecule has 1 fully saturated rings. The van der Waals surface area contributed by atoms with Crippen LogP contribution in [0.4, 0.5) is 4.79 Å². The summed E-state index contributed by atoms with van der Waals surface area (Å²) < 4.78 is 12.1. The number of fused-ring (bicyclic) bond motifs is 1. The fourth-order valence-corrected chi connectivity index (χ4v) is 4.22. The topological polar surface area (TPSA) is 77.8 Å². The van der Waals surface area contributed by atoms with Gasteiger partial charge in [-0.25, -0.2) is 4.79 Å². The van der Waals surface area contributed by atoms with E-state index in [9.17, 15) is 14.4 Å². The minimum absolute atomic E-state index is 0.0496. The maximum absolute atomic E-state index is 12.6. The first-order valence-corrected chi connectivity index (χ1v) is 9.58. The van der Waals surface area contributed by atoms with Crippen molar-refractivity contribution >= 4 is 45.2 Å². The van der Waals surface area contributed by atoms with Crippen LogP contribution in [0.1, 0.15) is 19.8 Å². The van der Waals surface area contributed by atoms with E-state index in [4.69, 9.17) is 21.1 Å². The Kier molecular flexibility index (Phi) is 5.83. The Hall–Kier alpha value is -2.06. The predicted molar refractivity (Wildman–Crippen MR) is 98.8 cm³/mol. The summed E-state index contributed by atoms with van der Waals surface area (Å²) in [5.74, 6) is -0.152. The largest absolute Gasteiger partial charge is 0.508 e. The molecule has 1 amide bonds. The number of hydrogen-bond acceptors (Lipinski definition) is 6. The number of benzene rings is 1. The number of nitrogens with zero attached hydrogens (tertiary/aromatic N) is 2. The highest BCUT2D eigenvalue weighted by Crippen LogP contribution is 2.25. The Labute approximate surface area is 159 Å². The molecule has 9 heteroatoms. The van der Waals surface area contributed by atoms with Crippen molar-refractivity contribution in [3.63, 3.8) is 0 Å². The van der Waals surface area contributed by atoms with Crippen molar-refractivity contribution in [2.24, 2.45) is 0 Å². The van der Waals surface area contributed by atoms with Gasteiger partial charge in [0.1, 0.15) is 12.6 Å². The van der Waals surface area contributed by atoms with Crippen molar-refractivity contribution in [1.82, 2.24) is 9.47 Å². The average Bonchev–Trinajstić information content (AvgIpc) is 2.92. The van der Waals surface area contributed by atoms with Gasteiger partial charge < -0.3 is 14.4 Å². The smallest absolute Gasteiger partial charge is 0.435 e. The quantitative estimate of drug-likeness (QED) is 0.740. The maximum atomic E-state index is 12.6. The molecule has 2 heterocycles. The van der Waals surface area contributed by atoms with E-state index in [2.05, 4.69) is 0 Å². The number of piperidine rings is 1. The summed E-state index contributed by atoms with van der Waals surface area (Å²) in [6.07, 6.45) is 0.162. The van der Waals surface area contributed by atoms with Gasteiger partial charge in [-0.2, -0.15) is 0 Å². The van der Waals surface area contributed by atoms with Gasteiger partial charge in [0, 0.05) is 25.9 Å². The minimum atomic E-state index is -0.678. The Morgan fingerprint density at radius 1 is 1.31 bits per heavy atom. The molecule has 1 aromatic heterocycles. The molecular formula is C17H19ClN2O5S. The molecule has 26 heavy (non-hydrogen) atoms. The molecule has 2 aromatic rings. The molecule has 0 aliphatic carbocycles. The molecule has 1 aliphatic heterocycles. The lowest BCUT2D eigenvalue weighted by molar-refractivity contribution is -0.134. The van der Waals surface area contributed by atoms with E-state index in [1.807, 2.05) is 6.07 Å². The predicted octanol–water partition coefficient (Wildman–Crippen LogP) is 2.88. The average molecular weight is 399 g/mol. The van der Waals surface area contributed by atoms with E-state index in [1.54, 1.807) is 24.0 Å². The number of carbonyl (C=O) groups excluding carboxylic acids is 2. The Bertz CT molecular complexity index is 870. The van der Waals surface area contributed by atoms with E-state index in [0.29, 0.717) is 36.5 Å². The van der Waals surface area contributed by atoms with E-state index in [-0.39, 0.29) is 30.0 Å². The summed E-state index contributed by atoms with van der Waals surface area (Å²) in [6, 6.07) is 5.29. The highest BCUT2D eigenvalue weighted by atomic mass is 35.5. The Morgan fingerprint density at radius 2 is 2.04 bits per heavy atom. The molecule has 1 saturated heterocycles. The summed E-state index contributed by atoms with van der Waals surface area (Å²) in [4.78, 5) is 37.7. The fraction of sp³-hybridized carbons (Fsp3) is 0.471. The van der Waals surface area contributed by atoms with Crippen molar-refractivity contribution in [3.05, 3.63) is 32.9 Å². The number of para-hydroxylation sites is 1. The zero-order valence-corrected chi connectivity index (χ0v) is 15.8. The molecule has 0 unspecified atom stereocenters. The molecular weight excluding hydrogens is 380 g/mol. The normalized spacial score (nSPS) is 15.2. The lowest BCUT2D eigenvalue weighted by Gasteiger charge is -2.31. The molecule has 0 radical (unpaired) electrons. The van der Waals surface area contributed by atoms with Crippen LogP contribution in [0.25, 0.3) is 10.2 Å². The summed E-state index contributed by atoms with van der Waals surface area (Å²) in [6.45, 7) is 2.86. The Morgan fingerprint density at radius 3 is 2.73 bits per heavy atom. The Balaban J connectivity index is 1.63. The fourth-order valence-electron chi connectivity index (χ4n) is 2.97. The minimum Gasteiger partial charge on any atom is -0.435 e. The molecule has 3 rings (SSSR count). The number of likely N-dealkylation sites (tertiary alicyclic amines) is 1. The third kappa shape index (κ3) is 4.02. The van der Waals surface area contributed by atoms with Gasteiger partial charge in [-0.3, -0.25) is 14.2 Å². The number of aromatic nitrogens is 1. The van der Waals surface area contributed by atoms with Gasteiger partial charge in [0.15, 0.2) is 0 Å². The highest BCUT2D eigenvalue weighted by Gasteiger charge is 2.26. The van der Waals surface area contributed by atoms with Gasteiger partial charge in [0.2, 0.25) is 5.91 Å². The van der Waals surface area contributed by atoms with Crippen LogP contribution in [0.3, 0.4) is 0 Å². The van der Waals surface area contributed by atoms with Gasteiger partial charge >= 0.3 is 11.0 Å². The van der Waals surface area contributed by atoms with E-state index in [1.165, 1.54) is 4.57 Å². The molecule has 140 valence electrons. The van der Waals surface area contributed by atoms with Crippen molar-refractivity contribution in [2.75, 3.05) is 19.7 Å². The summed E-state index contributed by atoms with van der Waals surface area (Å²) in [5, 5.41) is 0.454. The lowest BCUT2D eigenvalue weighted by Crippen LogP contribution is -2.43. The van der Waals surface area contributed by atoms with Crippen LogP contribution in [-0.2, 0) is 20.8 Å². The third-order valence-corrected chi connectivity index (χ3v) is 5.50. The number of halogens is 1. The molecule has 0 saturated carbocycles. The zero-order valence-electron chi connectivity index (χ0n) is 14.3. The van der Waals surface area contributed by atoms with E-state index >= 15 is 0 Å². The molecule has 7 nitrogen and oxygen atoms in total. The molecule has 0 bridgehead atoms. The van der Waals surface area contributed by atoms with Crippen LogP contribution in [-0.4, -0.2) is 47.3 Å². The van der Waals surface area contributed by atoms with Crippen molar-refractivity contribution in [1.29, 1.82) is 0 Å². The van der Waals surface area contributed by atoms with Crippen molar-refractivity contribution in [3.8, 4) is 0 Å². The first-order chi connectivity index (χ1) is 12.5. The first kappa shape index (κ1) is 18.7. The molecule has 1 aliphatic rings. The van der Waals surface area contributed by atoms with E-state index < -0.39 is 6.16 Å². The summed E-state index contributed by atoms with van der Waals surface area (Å²) in [5.41, 5.74) is 0.595. The van der Waals surface area contributed by atoms with Crippen LogP contribution >= 0.6 is 22.9 Å². The van der Waals surface area contributed by atoms with Crippen LogP contribution in [0, 0.1) is 0 Å². The van der Waals surface area contributed by atoms with Crippen LogP contribution in [0.2, 0.25) is 5.02 Å².